The van der Waals surface area contributed by atoms with Crippen molar-refractivity contribution in [2.45, 2.75) is 26.1 Å². The van der Waals surface area contributed by atoms with Crippen LogP contribution in [0.4, 0.5) is 19.1 Å². The number of nitrogen functional groups attached to an aromatic ring is 1. The highest BCUT2D eigenvalue weighted by Crippen LogP contribution is 2.38. The molecule has 3 aromatic rings. The second-order valence-electron chi connectivity index (χ2n) is 5.83. The molecule has 0 saturated carbocycles. The molecular formula is C18H16F3N3O. The molecule has 1 aromatic heterocycles. The maximum atomic E-state index is 13.3. The van der Waals surface area contributed by atoms with Crippen molar-refractivity contribution in [3.63, 3.8) is 0 Å². The van der Waals surface area contributed by atoms with Crippen LogP contribution < -0.4 is 10.5 Å². The molecule has 1 heterocycles. The summed E-state index contributed by atoms with van der Waals surface area (Å²) in [5.74, 6) is 0.301. The zero-order valence-corrected chi connectivity index (χ0v) is 13.6. The Hall–Kier alpha value is -2.83. The lowest BCUT2D eigenvalue weighted by Gasteiger charge is -2.15. The molecule has 2 N–H and O–H groups in total. The van der Waals surface area contributed by atoms with Gasteiger partial charge < -0.3 is 10.5 Å². The van der Waals surface area contributed by atoms with E-state index in [2.05, 4.69) is 9.97 Å². The number of anilines is 1. The Balaban J connectivity index is 2.22. The lowest BCUT2D eigenvalue weighted by atomic mass is 9.98. The zero-order valence-electron chi connectivity index (χ0n) is 13.6. The average molecular weight is 347 g/mol. The molecule has 0 unspecified atom stereocenters. The predicted octanol–water partition coefficient (Wildman–Crippen LogP) is 4.69. The first kappa shape index (κ1) is 17.0. The van der Waals surface area contributed by atoms with Crippen LogP contribution in [0.3, 0.4) is 0 Å². The molecule has 0 aliphatic heterocycles. The molecule has 0 fully saturated rings. The van der Waals surface area contributed by atoms with E-state index < -0.39 is 11.7 Å². The normalized spacial score (nSPS) is 11.9. The van der Waals surface area contributed by atoms with Gasteiger partial charge in [-0.1, -0.05) is 24.3 Å². The first-order valence-corrected chi connectivity index (χ1v) is 7.66. The molecule has 0 bridgehead atoms. The summed E-state index contributed by atoms with van der Waals surface area (Å²) in [4.78, 5) is 8.18. The third-order valence-corrected chi connectivity index (χ3v) is 3.57. The topological polar surface area (TPSA) is 61.0 Å². The van der Waals surface area contributed by atoms with Crippen molar-refractivity contribution in [2.75, 3.05) is 5.73 Å². The molecule has 0 aliphatic rings. The van der Waals surface area contributed by atoms with Crippen LogP contribution in [0, 0.1) is 0 Å². The number of hydrogen-bond acceptors (Lipinski definition) is 4. The maximum Gasteiger partial charge on any atom is 0.417 e. The van der Waals surface area contributed by atoms with Crippen LogP contribution in [0.5, 0.6) is 5.88 Å². The lowest BCUT2D eigenvalue weighted by molar-refractivity contribution is -0.137. The van der Waals surface area contributed by atoms with Crippen molar-refractivity contribution >= 4 is 16.9 Å². The Morgan fingerprint density at radius 1 is 1.04 bits per heavy atom. The summed E-state index contributed by atoms with van der Waals surface area (Å²) >= 11 is 0. The quantitative estimate of drug-likeness (QED) is 0.747. The Morgan fingerprint density at radius 3 is 2.44 bits per heavy atom. The molecule has 2 aromatic carbocycles. The summed E-state index contributed by atoms with van der Waals surface area (Å²) in [5, 5.41) is 0.511. The van der Waals surface area contributed by atoms with Gasteiger partial charge in [-0.2, -0.15) is 18.2 Å². The highest BCUT2D eigenvalue weighted by atomic mass is 19.4. The summed E-state index contributed by atoms with van der Waals surface area (Å²) in [5.41, 5.74) is 5.99. The van der Waals surface area contributed by atoms with E-state index in [0.29, 0.717) is 16.5 Å². The number of aromatic nitrogens is 2. The number of fused-ring (bicyclic) bond motifs is 1. The zero-order chi connectivity index (χ0) is 18.2. The Bertz CT molecular complexity index is 923. The fourth-order valence-electron chi connectivity index (χ4n) is 2.58. The average Bonchev–Trinajstić information content (AvgIpc) is 2.53. The van der Waals surface area contributed by atoms with Gasteiger partial charge in [0.25, 0.3) is 0 Å². The summed E-state index contributed by atoms with van der Waals surface area (Å²) < 4.78 is 45.5. The van der Waals surface area contributed by atoms with E-state index in [4.69, 9.17) is 10.5 Å². The second kappa shape index (κ2) is 6.23. The van der Waals surface area contributed by atoms with Crippen molar-refractivity contribution in [1.29, 1.82) is 0 Å². The number of hydrogen-bond donors (Lipinski definition) is 1. The van der Waals surface area contributed by atoms with Crippen LogP contribution >= 0.6 is 0 Å². The fraction of sp³-hybridized carbons (Fsp3) is 0.222. The fourth-order valence-corrected chi connectivity index (χ4v) is 2.58. The third kappa shape index (κ3) is 3.50. The molecule has 0 saturated heterocycles. The van der Waals surface area contributed by atoms with Gasteiger partial charge in [0.2, 0.25) is 11.8 Å². The van der Waals surface area contributed by atoms with E-state index in [1.54, 1.807) is 24.3 Å². The Morgan fingerprint density at radius 2 is 1.76 bits per heavy atom. The first-order valence-electron chi connectivity index (χ1n) is 7.66. The molecule has 25 heavy (non-hydrogen) atoms. The number of nitrogens with zero attached hydrogens (tertiary/aromatic N) is 2. The van der Waals surface area contributed by atoms with E-state index in [0.717, 1.165) is 6.07 Å². The minimum Gasteiger partial charge on any atom is -0.474 e. The molecule has 0 aliphatic carbocycles. The largest absolute Gasteiger partial charge is 0.474 e. The predicted molar refractivity (Wildman–Crippen MR) is 90.2 cm³/mol. The van der Waals surface area contributed by atoms with E-state index >= 15 is 0 Å². The van der Waals surface area contributed by atoms with Crippen molar-refractivity contribution in [1.82, 2.24) is 9.97 Å². The molecular weight excluding hydrogens is 331 g/mol. The number of ether oxygens (including phenoxy) is 1. The summed E-state index contributed by atoms with van der Waals surface area (Å²) in [6.07, 6.45) is -4.61. The Kier molecular flexibility index (Phi) is 4.24. The summed E-state index contributed by atoms with van der Waals surface area (Å²) in [6.45, 7) is 3.65. The first-order chi connectivity index (χ1) is 11.8. The number of benzene rings is 2. The van der Waals surface area contributed by atoms with Gasteiger partial charge in [0.05, 0.1) is 22.6 Å². The molecule has 130 valence electrons. The highest BCUT2D eigenvalue weighted by molar-refractivity contribution is 5.89. The monoisotopic (exact) mass is 347 g/mol. The molecule has 3 rings (SSSR count). The second-order valence-corrected chi connectivity index (χ2v) is 5.83. The van der Waals surface area contributed by atoms with Gasteiger partial charge in [-0.05, 0) is 43.2 Å². The smallest absolute Gasteiger partial charge is 0.417 e. The van der Waals surface area contributed by atoms with Gasteiger partial charge in [-0.25, -0.2) is 4.98 Å². The van der Waals surface area contributed by atoms with E-state index in [1.165, 1.54) is 12.1 Å². The maximum absolute atomic E-state index is 13.3. The van der Waals surface area contributed by atoms with Gasteiger partial charge in [-0.3, -0.25) is 0 Å². The molecule has 7 heteroatoms. The van der Waals surface area contributed by atoms with Crippen LogP contribution in [0.25, 0.3) is 22.0 Å². The van der Waals surface area contributed by atoms with Crippen molar-refractivity contribution in [3.05, 3.63) is 48.0 Å². The van der Waals surface area contributed by atoms with Crippen molar-refractivity contribution in [3.8, 4) is 17.0 Å². The third-order valence-electron chi connectivity index (χ3n) is 3.57. The molecule has 0 amide bonds. The number of nitrogens with two attached hydrogens (primary N) is 1. The van der Waals surface area contributed by atoms with E-state index in [1.807, 2.05) is 13.8 Å². The van der Waals surface area contributed by atoms with Crippen LogP contribution in [0.15, 0.2) is 42.5 Å². The van der Waals surface area contributed by atoms with Gasteiger partial charge in [0, 0.05) is 0 Å². The van der Waals surface area contributed by atoms with Crippen LogP contribution in [0.1, 0.15) is 19.4 Å². The van der Waals surface area contributed by atoms with Gasteiger partial charge in [-0.15, -0.1) is 0 Å². The molecule has 0 spiro atoms. The van der Waals surface area contributed by atoms with Gasteiger partial charge in [0.15, 0.2) is 0 Å². The minimum absolute atomic E-state index is 0.0478. The van der Waals surface area contributed by atoms with Crippen LogP contribution in [-0.2, 0) is 6.18 Å². The van der Waals surface area contributed by atoms with Crippen LogP contribution in [-0.4, -0.2) is 16.1 Å². The van der Waals surface area contributed by atoms with Crippen molar-refractivity contribution in [2.24, 2.45) is 0 Å². The molecule has 0 atom stereocenters. The van der Waals surface area contributed by atoms with Crippen molar-refractivity contribution < 1.29 is 17.9 Å². The van der Waals surface area contributed by atoms with Gasteiger partial charge in [0.1, 0.15) is 0 Å². The standard InChI is InChI=1S/C18H16F3N3O/c1-10(2)25-16-13-9-11(7-8-15(13)23-17(22)24-16)12-5-3-4-6-14(12)18(19,20)21/h3-10H,1-2H3,(H2,22,23,24). The number of alkyl halides is 3. The number of halogens is 3. The van der Waals surface area contributed by atoms with Gasteiger partial charge >= 0.3 is 6.18 Å². The molecule has 0 radical (unpaired) electrons. The molecule has 4 nitrogen and oxygen atoms in total. The van der Waals surface area contributed by atoms with Crippen LogP contribution in [0.2, 0.25) is 0 Å². The SMILES string of the molecule is CC(C)Oc1nc(N)nc2ccc(-c3ccccc3C(F)(F)F)cc12. The highest BCUT2D eigenvalue weighted by Gasteiger charge is 2.33. The summed E-state index contributed by atoms with van der Waals surface area (Å²) in [7, 11) is 0. The van der Waals surface area contributed by atoms with E-state index in [9.17, 15) is 13.2 Å². The summed E-state index contributed by atoms with van der Waals surface area (Å²) in [6, 6.07) is 10.2. The Labute approximate surface area is 142 Å². The number of rotatable bonds is 3. The lowest BCUT2D eigenvalue weighted by Crippen LogP contribution is -2.09. The minimum atomic E-state index is -4.44. The van der Waals surface area contributed by atoms with E-state index in [-0.39, 0.29) is 23.5 Å².